The fourth-order valence-corrected chi connectivity index (χ4v) is 4.36. The van der Waals surface area contributed by atoms with Crippen LogP contribution in [0.25, 0.3) is 22.2 Å². The van der Waals surface area contributed by atoms with Gasteiger partial charge in [-0.1, -0.05) is 6.07 Å². The average molecular weight is 448 g/mol. The summed E-state index contributed by atoms with van der Waals surface area (Å²) in [7, 11) is 0. The highest BCUT2D eigenvalue weighted by atomic mass is 19.1. The summed E-state index contributed by atoms with van der Waals surface area (Å²) in [6, 6.07) is 8.77. The number of hydrogen-bond acceptors (Lipinski definition) is 6. The number of anilines is 1. The zero-order valence-corrected chi connectivity index (χ0v) is 17.8. The molecule has 0 saturated carbocycles. The highest BCUT2D eigenvalue weighted by Gasteiger charge is 2.22. The standard InChI is InChI=1S/C25H22F2N4O2/c26-18-4-1-5-19(27)24(18)17-14-33-23-7-6-20(30-25(17)23)22(32)11-15-12-29-9-8-21(15)31-10-2-3-16(28)13-31/h1,4-9,12,14,16H,2-3,10-11,13,28H2/t16-/m0/s1. The Morgan fingerprint density at radius 1 is 1.18 bits per heavy atom. The van der Waals surface area contributed by atoms with Crippen molar-refractivity contribution in [1.29, 1.82) is 0 Å². The average Bonchev–Trinajstić information content (AvgIpc) is 3.22. The lowest BCUT2D eigenvalue weighted by Gasteiger charge is -2.33. The number of carbonyl (C=O) groups is 1. The second-order valence-corrected chi connectivity index (χ2v) is 8.24. The highest BCUT2D eigenvalue weighted by molar-refractivity contribution is 6.00. The quantitative estimate of drug-likeness (QED) is 0.452. The number of nitrogens with zero attached hydrogens (tertiary/aromatic N) is 3. The van der Waals surface area contributed by atoms with Gasteiger partial charge in [0.2, 0.25) is 0 Å². The molecule has 5 rings (SSSR count). The van der Waals surface area contributed by atoms with Crippen LogP contribution in [-0.4, -0.2) is 34.9 Å². The van der Waals surface area contributed by atoms with Crippen LogP contribution in [0.4, 0.5) is 14.5 Å². The maximum atomic E-state index is 14.3. The van der Waals surface area contributed by atoms with Crippen molar-refractivity contribution in [2.24, 2.45) is 5.73 Å². The largest absolute Gasteiger partial charge is 0.462 e. The van der Waals surface area contributed by atoms with Crippen molar-refractivity contribution >= 4 is 22.6 Å². The number of pyridine rings is 2. The van der Waals surface area contributed by atoms with Gasteiger partial charge in [0, 0.05) is 49.2 Å². The number of ketones is 1. The third kappa shape index (κ3) is 4.09. The minimum absolute atomic E-state index is 0.0919. The molecule has 0 amide bonds. The van der Waals surface area contributed by atoms with Gasteiger partial charge in [0.1, 0.15) is 29.1 Å². The molecule has 1 aromatic carbocycles. The van der Waals surface area contributed by atoms with E-state index in [2.05, 4.69) is 14.9 Å². The zero-order chi connectivity index (χ0) is 22.9. The van der Waals surface area contributed by atoms with Crippen molar-refractivity contribution in [3.8, 4) is 11.1 Å². The third-order valence-corrected chi connectivity index (χ3v) is 5.96. The summed E-state index contributed by atoms with van der Waals surface area (Å²) in [5, 5.41) is 0. The molecule has 0 unspecified atom stereocenters. The Labute approximate surface area is 189 Å². The molecule has 0 aliphatic carbocycles. The highest BCUT2D eigenvalue weighted by Crippen LogP contribution is 2.33. The van der Waals surface area contributed by atoms with E-state index in [1.165, 1.54) is 24.5 Å². The summed E-state index contributed by atoms with van der Waals surface area (Å²) in [4.78, 5) is 23.9. The van der Waals surface area contributed by atoms with E-state index in [0.29, 0.717) is 5.58 Å². The topological polar surface area (TPSA) is 85.2 Å². The number of carbonyl (C=O) groups excluding carboxylic acids is 1. The SMILES string of the molecule is N[C@H]1CCCN(c2ccncc2CC(=O)c2ccc3occ(-c4c(F)cccc4F)c3n2)C1. The molecular weight excluding hydrogens is 426 g/mol. The lowest BCUT2D eigenvalue weighted by Crippen LogP contribution is -2.43. The van der Waals surface area contributed by atoms with E-state index in [1.54, 1.807) is 24.5 Å². The number of aromatic nitrogens is 2. The molecule has 3 aromatic heterocycles. The van der Waals surface area contributed by atoms with Crippen LogP contribution in [0, 0.1) is 11.6 Å². The Morgan fingerprint density at radius 2 is 2.00 bits per heavy atom. The predicted molar refractivity (Wildman–Crippen MR) is 121 cm³/mol. The minimum Gasteiger partial charge on any atom is -0.462 e. The number of furan rings is 1. The molecule has 1 fully saturated rings. The number of rotatable bonds is 5. The molecule has 1 aliphatic heterocycles. The number of hydrogen-bond donors (Lipinski definition) is 1. The summed E-state index contributed by atoms with van der Waals surface area (Å²) in [6.45, 7) is 1.59. The molecule has 1 aliphatic rings. The van der Waals surface area contributed by atoms with Crippen molar-refractivity contribution in [2.75, 3.05) is 18.0 Å². The van der Waals surface area contributed by atoms with Gasteiger partial charge in [0.25, 0.3) is 0 Å². The second-order valence-electron chi connectivity index (χ2n) is 8.24. The van der Waals surface area contributed by atoms with Crippen LogP contribution in [0.5, 0.6) is 0 Å². The summed E-state index contributed by atoms with van der Waals surface area (Å²) >= 11 is 0. The van der Waals surface area contributed by atoms with E-state index in [4.69, 9.17) is 10.2 Å². The Kier molecular flexibility index (Phi) is 5.60. The lowest BCUT2D eigenvalue weighted by molar-refractivity contribution is 0.0988. The maximum absolute atomic E-state index is 14.3. The van der Waals surface area contributed by atoms with Crippen LogP contribution in [0.3, 0.4) is 0 Å². The smallest absolute Gasteiger partial charge is 0.185 e. The molecule has 33 heavy (non-hydrogen) atoms. The Balaban J connectivity index is 1.47. The van der Waals surface area contributed by atoms with Crippen molar-refractivity contribution in [3.63, 3.8) is 0 Å². The third-order valence-electron chi connectivity index (χ3n) is 5.96. The predicted octanol–water partition coefficient (Wildman–Crippen LogP) is 4.52. The fourth-order valence-electron chi connectivity index (χ4n) is 4.36. The summed E-state index contributed by atoms with van der Waals surface area (Å²) in [6.07, 6.45) is 6.71. The number of Topliss-reactive ketones (excluding diaryl/α,β-unsaturated/α-hetero) is 1. The Hall–Kier alpha value is -3.65. The summed E-state index contributed by atoms with van der Waals surface area (Å²) in [5.74, 6) is -1.68. The van der Waals surface area contributed by atoms with Crippen LogP contribution < -0.4 is 10.6 Å². The molecule has 1 atom stereocenters. The number of nitrogens with two attached hydrogens (primary N) is 1. The molecule has 6 nitrogen and oxygen atoms in total. The molecule has 2 N–H and O–H groups in total. The van der Waals surface area contributed by atoms with Crippen LogP contribution in [-0.2, 0) is 6.42 Å². The first-order valence-electron chi connectivity index (χ1n) is 10.8. The van der Waals surface area contributed by atoms with Gasteiger partial charge in [-0.2, -0.15) is 0 Å². The van der Waals surface area contributed by atoms with Crippen molar-refractivity contribution in [3.05, 3.63) is 77.9 Å². The van der Waals surface area contributed by atoms with E-state index < -0.39 is 11.6 Å². The molecule has 1 saturated heterocycles. The first kappa shape index (κ1) is 21.2. The van der Waals surface area contributed by atoms with Gasteiger partial charge in [0.05, 0.1) is 11.1 Å². The van der Waals surface area contributed by atoms with E-state index >= 15 is 0 Å². The van der Waals surface area contributed by atoms with Crippen LogP contribution >= 0.6 is 0 Å². The zero-order valence-electron chi connectivity index (χ0n) is 17.8. The normalized spacial score (nSPS) is 16.3. The van der Waals surface area contributed by atoms with Gasteiger partial charge in [-0.25, -0.2) is 13.8 Å². The van der Waals surface area contributed by atoms with Crippen molar-refractivity contribution in [1.82, 2.24) is 9.97 Å². The van der Waals surface area contributed by atoms with Crippen LogP contribution in [0.1, 0.15) is 28.9 Å². The molecule has 0 radical (unpaired) electrons. The number of halogens is 2. The van der Waals surface area contributed by atoms with Crippen molar-refractivity contribution < 1.29 is 18.0 Å². The number of piperidine rings is 1. The monoisotopic (exact) mass is 448 g/mol. The molecule has 8 heteroatoms. The molecule has 0 bridgehead atoms. The molecule has 4 aromatic rings. The van der Waals surface area contributed by atoms with Crippen LogP contribution in [0.2, 0.25) is 0 Å². The maximum Gasteiger partial charge on any atom is 0.185 e. The van der Waals surface area contributed by atoms with Gasteiger partial charge < -0.3 is 15.1 Å². The van der Waals surface area contributed by atoms with Gasteiger partial charge in [0.15, 0.2) is 11.4 Å². The van der Waals surface area contributed by atoms with E-state index in [-0.39, 0.29) is 40.6 Å². The summed E-state index contributed by atoms with van der Waals surface area (Å²) < 4.78 is 34.1. The van der Waals surface area contributed by atoms with Crippen LogP contribution in [0.15, 0.2) is 59.5 Å². The van der Waals surface area contributed by atoms with Gasteiger partial charge in [-0.3, -0.25) is 9.78 Å². The Bertz CT molecular complexity index is 1320. The van der Waals surface area contributed by atoms with E-state index in [9.17, 15) is 13.6 Å². The second kappa shape index (κ2) is 8.71. The molecule has 4 heterocycles. The summed E-state index contributed by atoms with van der Waals surface area (Å²) in [5.41, 5.74) is 8.55. The van der Waals surface area contributed by atoms with E-state index in [1.807, 2.05) is 6.07 Å². The first-order chi connectivity index (χ1) is 16.0. The van der Waals surface area contributed by atoms with Gasteiger partial charge >= 0.3 is 0 Å². The van der Waals surface area contributed by atoms with Gasteiger partial charge in [-0.05, 0) is 43.2 Å². The molecule has 0 spiro atoms. The Morgan fingerprint density at radius 3 is 2.79 bits per heavy atom. The van der Waals surface area contributed by atoms with Gasteiger partial charge in [-0.15, -0.1) is 0 Å². The minimum atomic E-state index is -0.726. The number of benzene rings is 1. The van der Waals surface area contributed by atoms with E-state index in [0.717, 1.165) is 37.2 Å². The first-order valence-corrected chi connectivity index (χ1v) is 10.8. The van der Waals surface area contributed by atoms with Crippen molar-refractivity contribution in [2.45, 2.75) is 25.3 Å². The number of fused-ring (bicyclic) bond motifs is 1. The molecule has 168 valence electrons. The fraction of sp³-hybridized carbons (Fsp3) is 0.240. The lowest BCUT2D eigenvalue weighted by atomic mass is 10.0. The molecular formula is C25H22F2N4O2.